The second-order valence-electron chi connectivity index (χ2n) is 10.5. The molecule has 13 nitrogen and oxygen atoms in total. The lowest BCUT2D eigenvalue weighted by Gasteiger charge is -2.41. The Balaban J connectivity index is 1.46. The fourth-order valence-corrected chi connectivity index (χ4v) is 5.40. The maximum atomic E-state index is 13.3. The first-order valence-electron chi connectivity index (χ1n) is 12.3. The number of ketones is 1. The maximum absolute atomic E-state index is 13.3. The van der Waals surface area contributed by atoms with Crippen molar-refractivity contribution in [3.63, 3.8) is 0 Å². The average molecular weight is 550 g/mol. The molecule has 0 radical (unpaired) electrons. The van der Waals surface area contributed by atoms with Crippen molar-refractivity contribution < 1.29 is 28.9 Å². The molecule has 3 aliphatic heterocycles. The zero-order chi connectivity index (χ0) is 27.9. The van der Waals surface area contributed by atoms with Gasteiger partial charge in [-0.15, -0.1) is 0 Å². The molecule has 38 heavy (non-hydrogen) atoms. The molecule has 0 aromatic heterocycles. The number of rotatable bonds is 10. The zero-order valence-corrected chi connectivity index (χ0v) is 23.1. The van der Waals surface area contributed by atoms with E-state index in [0.29, 0.717) is 11.4 Å². The van der Waals surface area contributed by atoms with Crippen molar-refractivity contribution in [2.45, 2.75) is 76.4 Å². The predicted molar refractivity (Wildman–Crippen MR) is 143 cm³/mol. The first-order valence-corrected chi connectivity index (χ1v) is 13.6. The minimum absolute atomic E-state index is 0.0537. The molecule has 208 valence electrons. The van der Waals surface area contributed by atoms with Crippen molar-refractivity contribution in [2.75, 3.05) is 13.3 Å². The van der Waals surface area contributed by atoms with Crippen LogP contribution >= 0.6 is 8.53 Å². The Morgan fingerprint density at radius 2 is 2.05 bits per heavy atom. The number of nitrogens with zero attached hydrogens (tertiary/aromatic N) is 5. The van der Waals surface area contributed by atoms with Gasteiger partial charge in [0.1, 0.15) is 31.1 Å². The minimum atomic E-state index is -2.12. The second kappa shape index (κ2) is 10.8. The first kappa shape index (κ1) is 28.8. The van der Waals surface area contributed by atoms with Crippen LogP contribution in [-0.4, -0.2) is 92.3 Å². The fraction of sp³-hybridized carbons (Fsp3) is 0.583. The number of benzene rings is 1. The molecule has 1 aromatic carbocycles. The number of hydroxylamine groups is 2. The van der Waals surface area contributed by atoms with Gasteiger partial charge in [-0.1, -0.05) is 30.3 Å². The molecule has 5 atom stereocenters. The molecule has 4 rings (SSSR count). The zero-order valence-electron chi connectivity index (χ0n) is 22.2. The Kier molecular flexibility index (Phi) is 8.16. The van der Waals surface area contributed by atoms with Gasteiger partial charge in [-0.25, -0.2) is 14.6 Å². The van der Waals surface area contributed by atoms with Gasteiger partial charge in [0, 0.05) is 18.0 Å². The summed E-state index contributed by atoms with van der Waals surface area (Å²) in [6, 6.07) is 8.55. The Labute approximate surface area is 223 Å². The quantitative estimate of drug-likeness (QED) is 0.143. The molecule has 1 aromatic rings. The van der Waals surface area contributed by atoms with Crippen LogP contribution in [0, 0.1) is 0 Å². The minimum Gasteiger partial charge on any atom is -0.363 e. The number of carbonyl (C=O) groups is 1. The monoisotopic (exact) mass is 549 g/mol. The summed E-state index contributed by atoms with van der Waals surface area (Å²) in [5, 5.41) is 13.0. The number of ether oxygens (including phenoxy) is 2. The van der Waals surface area contributed by atoms with Gasteiger partial charge < -0.3 is 24.4 Å². The smallest absolute Gasteiger partial charge is 0.268 e. The van der Waals surface area contributed by atoms with Gasteiger partial charge in [-0.05, 0) is 34.6 Å². The van der Waals surface area contributed by atoms with E-state index in [2.05, 4.69) is 15.0 Å². The average Bonchev–Trinajstić information content (AvgIpc) is 3.43. The van der Waals surface area contributed by atoms with E-state index in [0.717, 1.165) is 0 Å². The SMILES string of the molecule is CC(C)N(OP(N)O)C(C)(C)CO[C@]1(O)C[C@H](N2CN=C3C2=NC=NC3(N)C(=O)c2ccccc2)O[C@@H]1C. The van der Waals surface area contributed by atoms with E-state index >= 15 is 0 Å². The Bertz CT molecular complexity index is 1130. The number of nitrogens with two attached hydrogens (primary N) is 2. The third-order valence-corrected chi connectivity index (χ3v) is 7.12. The Morgan fingerprint density at radius 1 is 1.37 bits per heavy atom. The molecule has 6 N–H and O–H groups in total. The molecule has 1 fully saturated rings. The lowest BCUT2D eigenvalue weighted by Crippen LogP contribution is -2.59. The number of fused-ring (bicyclic) bond motifs is 1. The standard InChI is InChI=1S/C24H36N7O6P/c1-15(2)31(37-38(26)34)22(4,5)12-35-23(33)11-18(36-16(23)3)30-14-28-19-21(30)27-13-29-24(19,25)20(32)17-9-7-6-8-10-17/h6-10,13,15-16,18,33-34H,11-12,14,25-26H2,1-5H3/t16-,18-,23-,24?,38?/m1/s1. The number of hydrogen-bond acceptors (Lipinski definition) is 13. The number of hydrogen-bond donors (Lipinski definition) is 4. The van der Waals surface area contributed by atoms with Crippen LogP contribution in [0.5, 0.6) is 0 Å². The lowest BCUT2D eigenvalue weighted by molar-refractivity contribution is -0.258. The largest absolute Gasteiger partial charge is 0.363 e. The van der Waals surface area contributed by atoms with Crippen LogP contribution in [0.4, 0.5) is 0 Å². The highest BCUT2D eigenvalue weighted by molar-refractivity contribution is 7.43. The molecule has 2 unspecified atom stereocenters. The van der Waals surface area contributed by atoms with Crippen molar-refractivity contribution >= 4 is 32.2 Å². The van der Waals surface area contributed by atoms with Crippen LogP contribution in [-0.2, 0) is 14.1 Å². The van der Waals surface area contributed by atoms with Crippen LogP contribution in [0.2, 0.25) is 0 Å². The van der Waals surface area contributed by atoms with Crippen molar-refractivity contribution in [1.29, 1.82) is 0 Å². The van der Waals surface area contributed by atoms with Gasteiger partial charge >= 0.3 is 0 Å². The van der Waals surface area contributed by atoms with Gasteiger partial charge in [0.05, 0.1) is 12.1 Å². The van der Waals surface area contributed by atoms with Crippen LogP contribution < -0.4 is 11.2 Å². The molecule has 0 aliphatic carbocycles. The van der Waals surface area contributed by atoms with Gasteiger partial charge in [0.2, 0.25) is 11.4 Å². The van der Waals surface area contributed by atoms with E-state index in [-0.39, 0.29) is 31.4 Å². The number of carbonyl (C=O) groups excluding carboxylic acids is 1. The summed E-state index contributed by atoms with van der Waals surface area (Å²) in [7, 11) is -2.12. The summed E-state index contributed by atoms with van der Waals surface area (Å²) >= 11 is 0. The number of aliphatic imine (C=N–C) groups is 3. The summed E-state index contributed by atoms with van der Waals surface area (Å²) in [6.07, 6.45) is -0.00551. The summed E-state index contributed by atoms with van der Waals surface area (Å²) in [5.41, 5.74) is 10.2. The maximum Gasteiger partial charge on any atom is 0.268 e. The number of aliphatic hydroxyl groups is 1. The van der Waals surface area contributed by atoms with Crippen LogP contribution in [0.3, 0.4) is 0 Å². The summed E-state index contributed by atoms with van der Waals surface area (Å²) in [5.74, 6) is -1.67. The first-order chi connectivity index (χ1) is 17.8. The van der Waals surface area contributed by atoms with Crippen molar-refractivity contribution in [3.05, 3.63) is 35.9 Å². The van der Waals surface area contributed by atoms with Crippen LogP contribution in [0.15, 0.2) is 45.3 Å². The summed E-state index contributed by atoms with van der Waals surface area (Å²) < 4.78 is 17.5. The van der Waals surface area contributed by atoms with E-state index in [4.69, 9.17) is 25.3 Å². The topological polar surface area (TPSA) is 181 Å². The molecule has 0 amide bonds. The molecular weight excluding hydrogens is 513 g/mol. The Hall–Kier alpha value is -2.19. The number of Topliss-reactive ketones (excluding diaryl/α,β-unsaturated/α-hetero) is 1. The summed E-state index contributed by atoms with van der Waals surface area (Å²) in [4.78, 5) is 37.7. The normalized spacial score (nSPS) is 30.0. The Morgan fingerprint density at radius 3 is 2.68 bits per heavy atom. The highest BCUT2D eigenvalue weighted by Crippen LogP contribution is 2.37. The summed E-state index contributed by atoms with van der Waals surface area (Å²) in [6.45, 7) is 9.40. The van der Waals surface area contributed by atoms with Gasteiger partial charge in [-0.3, -0.25) is 21.0 Å². The van der Waals surface area contributed by atoms with E-state index in [1.165, 1.54) is 6.34 Å². The lowest BCUT2D eigenvalue weighted by atomic mass is 9.93. The van der Waals surface area contributed by atoms with Gasteiger partial charge in [-0.2, -0.15) is 5.06 Å². The third-order valence-electron chi connectivity index (χ3n) is 6.77. The van der Waals surface area contributed by atoms with Crippen molar-refractivity contribution in [2.24, 2.45) is 26.2 Å². The predicted octanol–water partition coefficient (Wildman–Crippen LogP) is 1.12. The van der Waals surface area contributed by atoms with E-state index in [1.807, 2.05) is 33.8 Å². The molecular formula is C24H36N7O6P. The van der Waals surface area contributed by atoms with E-state index < -0.39 is 43.6 Å². The third kappa shape index (κ3) is 5.44. The van der Waals surface area contributed by atoms with Crippen molar-refractivity contribution in [3.8, 4) is 0 Å². The molecule has 3 heterocycles. The highest BCUT2D eigenvalue weighted by Gasteiger charge is 2.54. The van der Waals surface area contributed by atoms with Crippen LogP contribution in [0.25, 0.3) is 0 Å². The molecule has 3 aliphatic rings. The molecule has 1 saturated heterocycles. The highest BCUT2D eigenvalue weighted by atomic mass is 31.2. The molecule has 0 spiro atoms. The molecule has 0 saturated carbocycles. The van der Waals surface area contributed by atoms with E-state index in [1.54, 1.807) is 41.2 Å². The van der Waals surface area contributed by atoms with Gasteiger partial charge in [0.25, 0.3) is 8.53 Å². The molecule has 0 bridgehead atoms. The van der Waals surface area contributed by atoms with Crippen LogP contribution in [0.1, 0.15) is 51.4 Å². The fourth-order valence-electron chi connectivity index (χ4n) is 4.81. The molecule has 14 heteroatoms. The van der Waals surface area contributed by atoms with E-state index in [9.17, 15) is 14.8 Å². The van der Waals surface area contributed by atoms with Gasteiger partial charge in [0.15, 0.2) is 11.6 Å². The second-order valence-corrected chi connectivity index (χ2v) is 11.2. The number of amidine groups is 1. The van der Waals surface area contributed by atoms with Crippen molar-refractivity contribution in [1.82, 2.24) is 9.96 Å².